The lowest BCUT2D eigenvalue weighted by molar-refractivity contribution is 0.467. The number of ether oxygens (including phenoxy) is 2. The Morgan fingerprint density at radius 3 is 1.58 bits per heavy atom. The lowest BCUT2D eigenvalue weighted by Crippen LogP contribution is -2.57. The number of nitrogens with zero attached hydrogens (tertiary/aromatic N) is 1. The minimum Gasteiger partial charge on any atom is -0.458 e. The van der Waals surface area contributed by atoms with Crippen LogP contribution in [0, 0.1) is 0 Å². The molecule has 0 atom stereocenters. The molecule has 0 aliphatic carbocycles. The minimum atomic E-state index is -0.113. The maximum Gasteiger partial charge on any atom is 0.260 e. The highest BCUT2D eigenvalue weighted by Gasteiger charge is 2.43. The third-order valence-electron chi connectivity index (χ3n) is 10.6. The first-order chi connectivity index (χ1) is 26.3. The van der Waals surface area contributed by atoms with Crippen LogP contribution in [0.3, 0.4) is 0 Å². The fourth-order valence-electron chi connectivity index (χ4n) is 8.19. The molecule has 1 aromatic heterocycles. The molecule has 2 aliphatic rings. The van der Waals surface area contributed by atoms with Gasteiger partial charge in [0.1, 0.15) is 23.0 Å². The highest BCUT2D eigenvalue weighted by atomic mass is 32.1. The van der Waals surface area contributed by atoms with E-state index in [-0.39, 0.29) is 6.71 Å². The Morgan fingerprint density at radius 1 is 0.415 bits per heavy atom. The van der Waals surface area contributed by atoms with E-state index < -0.39 is 0 Å². The van der Waals surface area contributed by atoms with Crippen LogP contribution in [0.5, 0.6) is 23.0 Å². The van der Waals surface area contributed by atoms with Crippen molar-refractivity contribution in [3.63, 3.8) is 0 Å². The second kappa shape index (κ2) is 12.0. The Kier molecular flexibility index (Phi) is 6.82. The van der Waals surface area contributed by atoms with Crippen molar-refractivity contribution in [2.45, 2.75) is 0 Å². The molecule has 0 N–H and O–H groups in total. The van der Waals surface area contributed by atoms with Gasteiger partial charge in [0.05, 0.1) is 0 Å². The largest absolute Gasteiger partial charge is 0.458 e. The standard InChI is InChI=1S/C48H30BNO2S/c1-5-15-31(16-6-1)37-28-38(32-17-7-2-8-18-32)48-46-47(37)51-42-27-35(50(33-19-9-3-10-20-33)34-21-11-4-12-22-34)25-26-40(42)49(46)41-29-39-36-23-13-14-24-44(36)53-45(39)30-43(41)52-48/h1-30H. The molecule has 0 fully saturated rings. The zero-order valence-corrected chi connectivity index (χ0v) is 29.4. The van der Waals surface area contributed by atoms with Crippen LogP contribution in [-0.4, -0.2) is 6.71 Å². The molecule has 248 valence electrons. The molecule has 0 spiro atoms. The summed E-state index contributed by atoms with van der Waals surface area (Å²) < 4.78 is 16.8. The third-order valence-corrected chi connectivity index (χ3v) is 11.7. The molecule has 0 unspecified atom stereocenters. The molecule has 8 aromatic carbocycles. The molecule has 9 aromatic rings. The summed E-state index contributed by atoms with van der Waals surface area (Å²) in [5, 5.41) is 2.53. The van der Waals surface area contributed by atoms with Crippen molar-refractivity contribution in [2.75, 3.05) is 4.90 Å². The van der Waals surface area contributed by atoms with Crippen LogP contribution in [0.2, 0.25) is 0 Å². The molecule has 11 rings (SSSR count). The summed E-state index contributed by atoms with van der Waals surface area (Å²) in [6.45, 7) is -0.113. The molecule has 2 aliphatic heterocycles. The van der Waals surface area contributed by atoms with Crippen LogP contribution < -0.4 is 30.8 Å². The summed E-state index contributed by atoms with van der Waals surface area (Å²) in [6.07, 6.45) is 0. The van der Waals surface area contributed by atoms with Crippen molar-refractivity contribution in [1.29, 1.82) is 0 Å². The number of benzene rings is 8. The first kappa shape index (κ1) is 30.1. The van der Waals surface area contributed by atoms with Gasteiger partial charge in [-0.15, -0.1) is 11.3 Å². The Morgan fingerprint density at radius 2 is 0.962 bits per heavy atom. The van der Waals surface area contributed by atoms with Crippen molar-refractivity contribution in [3.8, 4) is 45.3 Å². The monoisotopic (exact) mass is 695 g/mol. The maximum absolute atomic E-state index is 7.22. The quantitative estimate of drug-likeness (QED) is 0.167. The van der Waals surface area contributed by atoms with Crippen LogP contribution in [0.4, 0.5) is 17.1 Å². The van der Waals surface area contributed by atoms with Crippen LogP contribution in [0.15, 0.2) is 182 Å². The lowest BCUT2D eigenvalue weighted by atomic mass is 9.34. The highest BCUT2D eigenvalue weighted by Crippen LogP contribution is 2.48. The van der Waals surface area contributed by atoms with E-state index in [1.165, 1.54) is 20.2 Å². The summed E-state index contributed by atoms with van der Waals surface area (Å²) in [6, 6.07) is 64.5. The number of thiophene rings is 1. The fraction of sp³-hybridized carbons (Fsp3) is 0. The number of anilines is 3. The van der Waals surface area contributed by atoms with Crippen LogP contribution >= 0.6 is 11.3 Å². The molecule has 0 bridgehead atoms. The molecule has 0 radical (unpaired) electrons. The number of para-hydroxylation sites is 2. The van der Waals surface area contributed by atoms with Crippen molar-refractivity contribution >= 4 is 71.7 Å². The van der Waals surface area contributed by atoms with E-state index >= 15 is 0 Å². The van der Waals surface area contributed by atoms with Gasteiger partial charge in [0.2, 0.25) is 0 Å². The lowest BCUT2D eigenvalue weighted by Gasteiger charge is -2.36. The van der Waals surface area contributed by atoms with Gasteiger partial charge in [-0.2, -0.15) is 0 Å². The number of hydrogen-bond acceptors (Lipinski definition) is 4. The molecule has 53 heavy (non-hydrogen) atoms. The zero-order valence-electron chi connectivity index (χ0n) is 28.6. The summed E-state index contributed by atoms with van der Waals surface area (Å²) in [4.78, 5) is 2.29. The normalized spacial score (nSPS) is 12.4. The van der Waals surface area contributed by atoms with E-state index in [2.05, 4.69) is 187 Å². The van der Waals surface area contributed by atoms with Gasteiger partial charge in [-0.25, -0.2) is 0 Å². The van der Waals surface area contributed by atoms with Gasteiger partial charge in [-0.05, 0) is 70.6 Å². The van der Waals surface area contributed by atoms with Crippen LogP contribution in [0.25, 0.3) is 42.4 Å². The Labute approximate surface area is 312 Å². The first-order valence-electron chi connectivity index (χ1n) is 18.0. The highest BCUT2D eigenvalue weighted by molar-refractivity contribution is 7.25. The van der Waals surface area contributed by atoms with Crippen molar-refractivity contribution in [1.82, 2.24) is 0 Å². The molecule has 0 saturated carbocycles. The SMILES string of the molecule is c1ccc(-c2cc(-c3ccccc3)c3c4c2Oc2cc(N(c5ccccc5)c5ccccc5)ccc2B4c2cc4c(cc2O3)sc2ccccc24)cc1. The van der Waals surface area contributed by atoms with Gasteiger partial charge >= 0.3 is 0 Å². The average molecular weight is 696 g/mol. The van der Waals surface area contributed by atoms with Crippen LogP contribution in [0.1, 0.15) is 0 Å². The smallest absolute Gasteiger partial charge is 0.260 e. The summed E-state index contributed by atoms with van der Waals surface area (Å²) in [7, 11) is 0. The molecule has 0 amide bonds. The molecule has 3 heterocycles. The van der Waals surface area contributed by atoms with Crippen molar-refractivity contribution < 1.29 is 9.47 Å². The molecule has 3 nitrogen and oxygen atoms in total. The third kappa shape index (κ3) is 4.82. The Hall–Kier alpha value is -6.56. The van der Waals surface area contributed by atoms with Gasteiger partial charge in [0.15, 0.2) is 0 Å². The van der Waals surface area contributed by atoms with E-state index in [9.17, 15) is 0 Å². The second-order valence-corrected chi connectivity index (χ2v) is 14.7. The van der Waals surface area contributed by atoms with E-state index in [4.69, 9.17) is 9.47 Å². The van der Waals surface area contributed by atoms with Gasteiger partial charge in [0.25, 0.3) is 6.71 Å². The second-order valence-electron chi connectivity index (χ2n) is 13.6. The van der Waals surface area contributed by atoms with Crippen molar-refractivity contribution in [2.24, 2.45) is 0 Å². The Bertz CT molecular complexity index is 2800. The molecule has 0 saturated heterocycles. The van der Waals surface area contributed by atoms with Gasteiger partial charge in [-0.3, -0.25) is 0 Å². The number of rotatable bonds is 5. The minimum absolute atomic E-state index is 0.113. The predicted molar refractivity (Wildman–Crippen MR) is 223 cm³/mol. The van der Waals surface area contributed by atoms with E-state index in [0.717, 1.165) is 78.7 Å². The summed E-state index contributed by atoms with van der Waals surface area (Å²) in [5.74, 6) is 3.43. The predicted octanol–water partition coefficient (Wildman–Crippen LogP) is 11.6. The van der Waals surface area contributed by atoms with Crippen LogP contribution in [-0.2, 0) is 0 Å². The topological polar surface area (TPSA) is 21.7 Å². The molecular formula is C48H30BNO2S. The van der Waals surface area contributed by atoms with Crippen molar-refractivity contribution in [3.05, 3.63) is 182 Å². The van der Waals surface area contributed by atoms with E-state index in [1.54, 1.807) is 0 Å². The Balaban J connectivity index is 1.20. The first-order valence-corrected chi connectivity index (χ1v) is 18.8. The number of fused-ring (bicyclic) bond motifs is 7. The summed E-state index contributed by atoms with van der Waals surface area (Å²) >= 11 is 1.82. The average Bonchev–Trinajstić information content (AvgIpc) is 3.59. The number of hydrogen-bond donors (Lipinski definition) is 0. The van der Waals surface area contributed by atoms with E-state index in [1.807, 2.05) is 11.3 Å². The summed E-state index contributed by atoms with van der Waals surface area (Å²) in [5.41, 5.74) is 10.8. The van der Waals surface area contributed by atoms with Gasteiger partial charge in [0, 0.05) is 59.9 Å². The zero-order chi connectivity index (χ0) is 34.9. The molecule has 5 heteroatoms. The van der Waals surface area contributed by atoms with Gasteiger partial charge < -0.3 is 14.4 Å². The fourth-order valence-corrected chi connectivity index (χ4v) is 9.30. The molecular weight excluding hydrogens is 665 g/mol. The maximum atomic E-state index is 7.22. The van der Waals surface area contributed by atoms with Gasteiger partial charge in [-0.1, -0.05) is 127 Å². The van der Waals surface area contributed by atoms with E-state index in [0.29, 0.717) is 0 Å².